The average molecular weight is 330 g/mol. The van der Waals surface area contributed by atoms with Gasteiger partial charge < -0.3 is 30.3 Å². The van der Waals surface area contributed by atoms with Crippen molar-refractivity contribution in [3.8, 4) is 0 Å². The molecule has 0 aromatic heterocycles. The summed E-state index contributed by atoms with van der Waals surface area (Å²) in [7, 11) is 0. The molecule has 0 heterocycles. The number of hydrogen-bond acceptors (Lipinski definition) is 6. The van der Waals surface area contributed by atoms with Gasteiger partial charge >= 0.3 is 0 Å². The molecule has 0 saturated heterocycles. The number of hydrogen-bond donors (Lipinski definition) is 5. The van der Waals surface area contributed by atoms with E-state index in [1.54, 1.807) is 0 Å². The zero-order valence-corrected chi connectivity index (χ0v) is 12.6. The minimum atomic E-state index is -1.73. The molecule has 130 valence electrons. The van der Waals surface area contributed by atoms with E-state index in [-0.39, 0.29) is 18.8 Å². The first kappa shape index (κ1) is 19.7. The van der Waals surface area contributed by atoms with Crippen LogP contribution in [0.4, 0.5) is 4.39 Å². The molecule has 1 aromatic rings. The maximum atomic E-state index is 12.8. The zero-order chi connectivity index (χ0) is 17.4. The van der Waals surface area contributed by atoms with Gasteiger partial charge in [0.25, 0.3) is 0 Å². The van der Waals surface area contributed by atoms with Crippen LogP contribution in [0.5, 0.6) is 0 Å². The summed E-state index contributed by atoms with van der Waals surface area (Å²) in [5.74, 6) is -0.382. The smallest absolute Gasteiger partial charge is 0.123 e. The highest BCUT2D eigenvalue weighted by molar-refractivity contribution is 5.15. The number of halogens is 1. The first-order valence-corrected chi connectivity index (χ1v) is 7.20. The summed E-state index contributed by atoms with van der Waals surface area (Å²) < 4.78 is 18.3. The predicted molar refractivity (Wildman–Crippen MR) is 80.9 cm³/mol. The van der Waals surface area contributed by atoms with Crippen molar-refractivity contribution >= 4 is 0 Å². The molecule has 5 unspecified atom stereocenters. The van der Waals surface area contributed by atoms with Gasteiger partial charge in [0.2, 0.25) is 0 Å². The summed E-state index contributed by atoms with van der Waals surface area (Å²) in [6.45, 7) is 2.83. The topological polar surface area (TPSA) is 110 Å². The van der Waals surface area contributed by atoms with Crippen LogP contribution in [0.25, 0.3) is 0 Å². The molecule has 0 aliphatic rings. The number of rotatable bonds is 10. The van der Waals surface area contributed by atoms with Gasteiger partial charge in [0.1, 0.15) is 30.2 Å². The third-order valence-electron chi connectivity index (χ3n) is 3.44. The lowest BCUT2D eigenvalue weighted by atomic mass is 9.97. The Morgan fingerprint density at radius 3 is 2.17 bits per heavy atom. The highest BCUT2D eigenvalue weighted by atomic mass is 19.1. The average Bonchev–Trinajstić information content (AvgIpc) is 2.57. The molecule has 0 spiro atoms. The van der Waals surface area contributed by atoms with Crippen LogP contribution in [0.1, 0.15) is 12.0 Å². The van der Waals surface area contributed by atoms with Crippen molar-refractivity contribution < 1.29 is 34.7 Å². The normalized spacial score (nSPS) is 18.0. The highest BCUT2D eigenvalue weighted by Gasteiger charge is 2.34. The molecule has 0 fully saturated rings. The van der Waals surface area contributed by atoms with E-state index in [1.807, 2.05) is 0 Å². The monoisotopic (exact) mass is 330 g/mol. The summed E-state index contributed by atoms with van der Waals surface area (Å²) in [5, 5.41) is 47.7. The summed E-state index contributed by atoms with van der Waals surface area (Å²) in [5.41, 5.74) is 0.665. The molecule has 1 rings (SSSR count). The number of aliphatic hydroxyl groups excluding tert-OH is 5. The Kier molecular flexibility index (Phi) is 8.32. The number of ether oxygens (including phenoxy) is 1. The molecular weight excluding hydrogens is 307 g/mol. The van der Waals surface area contributed by atoms with Crippen molar-refractivity contribution in [2.75, 3.05) is 6.61 Å². The van der Waals surface area contributed by atoms with E-state index in [4.69, 9.17) is 9.84 Å². The lowest BCUT2D eigenvalue weighted by Gasteiger charge is -2.30. The third-order valence-corrected chi connectivity index (χ3v) is 3.44. The quantitative estimate of drug-likeness (QED) is 0.378. The van der Waals surface area contributed by atoms with Crippen LogP contribution >= 0.6 is 0 Å². The minimum absolute atomic E-state index is 0.0568. The molecule has 5 atom stereocenters. The van der Waals surface area contributed by atoms with Gasteiger partial charge in [-0.25, -0.2) is 4.39 Å². The molecule has 23 heavy (non-hydrogen) atoms. The Labute approximate surface area is 134 Å². The van der Waals surface area contributed by atoms with Crippen LogP contribution in [0.3, 0.4) is 0 Å². The fraction of sp³-hybridized carbons (Fsp3) is 0.500. The molecule has 0 bridgehead atoms. The maximum absolute atomic E-state index is 12.8. The van der Waals surface area contributed by atoms with Crippen LogP contribution in [0, 0.1) is 5.82 Å². The van der Waals surface area contributed by atoms with Gasteiger partial charge in [0.05, 0.1) is 19.3 Å². The van der Waals surface area contributed by atoms with Crippen molar-refractivity contribution in [2.45, 2.75) is 43.5 Å². The van der Waals surface area contributed by atoms with Crippen molar-refractivity contribution in [3.63, 3.8) is 0 Å². The molecule has 0 radical (unpaired) electrons. The molecule has 0 amide bonds. The van der Waals surface area contributed by atoms with Gasteiger partial charge in [-0.2, -0.15) is 0 Å². The van der Waals surface area contributed by atoms with Gasteiger partial charge in [-0.15, -0.1) is 6.58 Å². The first-order chi connectivity index (χ1) is 10.9. The summed E-state index contributed by atoms with van der Waals surface area (Å²) in [6.07, 6.45) is -5.77. The van der Waals surface area contributed by atoms with E-state index in [2.05, 4.69) is 6.58 Å². The Bertz CT molecular complexity index is 466. The minimum Gasteiger partial charge on any atom is -0.394 e. The molecule has 1 aromatic carbocycles. The largest absolute Gasteiger partial charge is 0.394 e. The van der Waals surface area contributed by atoms with Crippen LogP contribution in [0.2, 0.25) is 0 Å². The van der Waals surface area contributed by atoms with Gasteiger partial charge in [0.15, 0.2) is 0 Å². The molecule has 0 saturated carbocycles. The van der Waals surface area contributed by atoms with E-state index in [0.29, 0.717) is 5.56 Å². The van der Waals surface area contributed by atoms with E-state index in [1.165, 1.54) is 30.3 Å². The Morgan fingerprint density at radius 2 is 1.65 bits per heavy atom. The number of aliphatic hydroxyl groups is 5. The molecule has 5 N–H and O–H groups in total. The molecule has 0 aliphatic carbocycles. The van der Waals surface area contributed by atoms with Crippen molar-refractivity contribution in [1.82, 2.24) is 0 Å². The second kappa shape index (κ2) is 9.71. The number of benzene rings is 1. The van der Waals surface area contributed by atoms with Gasteiger partial charge in [-0.1, -0.05) is 18.2 Å². The van der Waals surface area contributed by atoms with E-state index in [0.717, 1.165) is 0 Å². The molecule has 7 heteroatoms. The lowest BCUT2D eigenvalue weighted by molar-refractivity contribution is -0.152. The molecule has 0 aliphatic heterocycles. The van der Waals surface area contributed by atoms with Crippen LogP contribution in [-0.2, 0) is 11.3 Å². The highest BCUT2D eigenvalue weighted by Crippen LogP contribution is 2.16. The molecular formula is C16H23FO6. The van der Waals surface area contributed by atoms with E-state index >= 15 is 0 Å². The zero-order valence-electron chi connectivity index (χ0n) is 12.6. The Morgan fingerprint density at radius 1 is 1.04 bits per heavy atom. The van der Waals surface area contributed by atoms with Crippen LogP contribution in [-0.4, -0.2) is 62.7 Å². The summed E-state index contributed by atoms with van der Waals surface area (Å²) in [6, 6.07) is 5.59. The lowest BCUT2D eigenvalue weighted by Crippen LogP contribution is -2.50. The summed E-state index contributed by atoms with van der Waals surface area (Å²) >= 11 is 0. The third kappa shape index (κ3) is 5.98. The standard InChI is InChI=1S/C16H23FO6/c1-2-3-13(15(21)16(22)14(20)12(19)8-18)23-9-10-4-6-11(17)7-5-10/h2,4-7,12-16,18-22H,1,3,8-9H2. The van der Waals surface area contributed by atoms with E-state index < -0.39 is 37.1 Å². The van der Waals surface area contributed by atoms with Crippen LogP contribution in [0.15, 0.2) is 36.9 Å². The van der Waals surface area contributed by atoms with Gasteiger partial charge in [-0.3, -0.25) is 0 Å². The van der Waals surface area contributed by atoms with Crippen molar-refractivity contribution in [2.24, 2.45) is 0 Å². The maximum Gasteiger partial charge on any atom is 0.123 e. The Balaban J connectivity index is 2.68. The van der Waals surface area contributed by atoms with Gasteiger partial charge in [0, 0.05) is 0 Å². The second-order valence-corrected chi connectivity index (χ2v) is 5.22. The molecule has 6 nitrogen and oxygen atoms in total. The fourth-order valence-electron chi connectivity index (χ4n) is 2.01. The fourth-order valence-corrected chi connectivity index (χ4v) is 2.01. The van der Waals surface area contributed by atoms with Crippen LogP contribution < -0.4 is 0 Å². The SMILES string of the molecule is C=CCC(OCc1ccc(F)cc1)C(O)C(O)C(O)C(O)CO. The first-order valence-electron chi connectivity index (χ1n) is 7.20. The van der Waals surface area contributed by atoms with Crippen molar-refractivity contribution in [1.29, 1.82) is 0 Å². The second-order valence-electron chi connectivity index (χ2n) is 5.22. The Hall–Kier alpha value is -1.35. The van der Waals surface area contributed by atoms with Gasteiger partial charge in [-0.05, 0) is 24.1 Å². The van der Waals surface area contributed by atoms with E-state index in [9.17, 15) is 24.8 Å². The summed E-state index contributed by atoms with van der Waals surface area (Å²) in [4.78, 5) is 0. The van der Waals surface area contributed by atoms with Crippen molar-refractivity contribution in [3.05, 3.63) is 48.3 Å². The predicted octanol–water partition coefficient (Wildman–Crippen LogP) is -0.277.